The first kappa shape index (κ1) is 21.9. The molecular formula is C21H25IN2O4S. The van der Waals surface area contributed by atoms with E-state index in [1.54, 1.807) is 35.2 Å². The summed E-state index contributed by atoms with van der Waals surface area (Å²) in [5.41, 5.74) is 2.15. The van der Waals surface area contributed by atoms with Gasteiger partial charge in [0.15, 0.2) is 0 Å². The summed E-state index contributed by atoms with van der Waals surface area (Å²) < 4.78 is 34.4. The van der Waals surface area contributed by atoms with E-state index >= 15 is 0 Å². The Labute approximate surface area is 185 Å². The van der Waals surface area contributed by atoms with E-state index in [-0.39, 0.29) is 11.0 Å². The molecule has 156 valence electrons. The average molecular weight is 528 g/mol. The van der Waals surface area contributed by atoms with Crippen LogP contribution in [0.15, 0.2) is 47.4 Å². The highest BCUT2D eigenvalue weighted by Gasteiger charge is 2.24. The molecule has 2 aromatic rings. The van der Waals surface area contributed by atoms with Crippen molar-refractivity contribution in [3.63, 3.8) is 0 Å². The van der Waals surface area contributed by atoms with Gasteiger partial charge in [-0.25, -0.2) is 13.2 Å². The van der Waals surface area contributed by atoms with Crippen molar-refractivity contribution in [2.45, 2.75) is 44.1 Å². The van der Waals surface area contributed by atoms with Crippen molar-refractivity contribution in [3.8, 4) is 0 Å². The van der Waals surface area contributed by atoms with E-state index in [0.717, 1.165) is 14.7 Å². The van der Waals surface area contributed by atoms with Crippen LogP contribution in [-0.2, 0) is 27.6 Å². The molecular weight excluding hydrogens is 503 g/mol. The highest BCUT2D eigenvalue weighted by Crippen LogP contribution is 2.24. The van der Waals surface area contributed by atoms with E-state index in [1.807, 2.05) is 32.9 Å². The molecule has 3 rings (SSSR count). The summed E-state index contributed by atoms with van der Waals surface area (Å²) in [5.74, 6) is 0. The summed E-state index contributed by atoms with van der Waals surface area (Å²) in [6.07, 6.45) is 1.04. The van der Waals surface area contributed by atoms with Gasteiger partial charge >= 0.3 is 6.09 Å². The van der Waals surface area contributed by atoms with Gasteiger partial charge in [0.05, 0.1) is 4.90 Å². The van der Waals surface area contributed by atoms with Crippen molar-refractivity contribution in [3.05, 3.63) is 57.2 Å². The fraction of sp³-hybridized carbons (Fsp3) is 0.381. The number of rotatable bonds is 3. The number of nitrogens with one attached hydrogen (secondary N) is 1. The van der Waals surface area contributed by atoms with E-state index in [0.29, 0.717) is 31.6 Å². The molecule has 1 aliphatic rings. The normalized spacial score (nSPS) is 14.7. The van der Waals surface area contributed by atoms with Gasteiger partial charge in [0.25, 0.3) is 10.0 Å². The summed E-state index contributed by atoms with van der Waals surface area (Å²) >= 11 is 2.14. The van der Waals surface area contributed by atoms with Crippen LogP contribution in [0.5, 0.6) is 0 Å². The summed E-state index contributed by atoms with van der Waals surface area (Å²) in [7, 11) is -3.65. The molecule has 6 nitrogen and oxygen atoms in total. The Morgan fingerprint density at radius 1 is 1.03 bits per heavy atom. The molecule has 0 unspecified atom stereocenters. The number of hydrogen-bond donors (Lipinski definition) is 1. The molecule has 0 saturated carbocycles. The number of hydrogen-bond acceptors (Lipinski definition) is 4. The van der Waals surface area contributed by atoms with E-state index < -0.39 is 15.6 Å². The van der Waals surface area contributed by atoms with Crippen molar-refractivity contribution in [2.75, 3.05) is 17.8 Å². The Morgan fingerprint density at radius 2 is 1.66 bits per heavy atom. The molecule has 1 N–H and O–H groups in total. The number of sulfonamides is 1. The third kappa shape index (κ3) is 5.85. The number of fused-ring (bicyclic) bond motifs is 1. The smallest absolute Gasteiger partial charge is 0.410 e. The van der Waals surface area contributed by atoms with Gasteiger partial charge < -0.3 is 9.64 Å². The summed E-state index contributed by atoms with van der Waals surface area (Å²) in [4.78, 5) is 14.3. The van der Waals surface area contributed by atoms with Gasteiger partial charge in [0, 0.05) is 22.3 Å². The zero-order valence-electron chi connectivity index (χ0n) is 16.7. The van der Waals surface area contributed by atoms with Crippen LogP contribution in [-0.4, -0.2) is 38.1 Å². The van der Waals surface area contributed by atoms with Crippen molar-refractivity contribution < 1.29 is 17.9 Å². The lowest BCUT2D eigenvalue weighted by Crippen LogP contribution is -2.38. The number of benzene rings is 2. The number of halogens is 1. The minimum absolute atomic E-state index is 0.226. The largest absolute Gasteiger partial charge is 0.444 e. The number of anilines is 1. The standard InChI is InChI=1S/C21H25IN2O4S/c1-21(2,3)28-20(25)24-12-10-15-4-7-18(14-16(15)11-13-24)23-29(26,27)19-8-5-17(22)6-9-19/h4-9,14,23H,10-13H2,1-3H3. The SMILES string of the molecule is CC(C)(C)OC(=O)N1CCc2ccc(NS(=O)(=O)c3ccc(I)cc3)cc2CC1. The zero-order chi connectivity index (χ0) is 21.2. The lowest BCUT2D eigenvalue weighted by molar-refractivity contribution is 0.0258. The predicted octanol–water partition coefficient (Wildman–Crippen LogP) is 4.43. The van der Waals surface area contributed by atoms with Crippen LogP contribution >= 0.6 is 22.6 Å². The Kier molecular flexibility index (Phi) is 6.42. The first-order valence-electron chi connectivity index (χ1n) is 9.42. The molecule has 8 heteroatoms. The number of amides is 1. The molecule has 0 saturated heterocycles. The molecule has 0 aliphatic carbocycles. The molecule has 1 heterocycles. The van der Waals surface area contributed by atoms with Gasteiger partial charge in [-0.3, -0.25) is 4.72 Å². The maximum atomic E-state index is 12.6. The van der Waals surface area contributed by atoms with Crippen molar-refractivity contribution >= 4 is 44.4 Å². The summed E-state index contributed by atoms with van der Waals surface area (Å²) in [6.45, 7) is 6.67. The second kappa shape index (κ2) is 8.51. The summed E-state index contributed by atoms with van der Waals surface area (Å²) in [6, 6.07) is 12.3. The van der Waals surface area contributed by atoms with Crippen molar-refractivity contribution in [1.29, 1.82) is 0 Å². The van der Waals surface area contributed by atoms with Crippen LogP contribution in [0.25, 0.3) is 0 Å². The van der Waals surface area contributed by atoms with Crippen LogP contribution in [0.4, 0.5) is 10.5 Å². The van der Waals surface area contributed by atoms with E-state index in [9.17, 15) is 13.2 Å². The Morgan fingerprint density at radius 3 is 2.28 bits per heavy atom. The minimum Gasteiger partial charge on any atom is -0.444 e. The van der Waals surface area contributed by atoms with E-state index in [4.69, 9.17) is 4.74 Å². The zero-order valence-corrected chi connectivity index (χ0v) is 19.7. The van der Waals surface area contributed by atoms with Crippen LogP contribution < -0.4 is 4.72 Å². The average Bonchev–Trinajstić information content (AvgIpc) is 2.82. The fourth-order valence-corrected chi connectivity index (χ4v) is 4.53. The molecule has 1 aliphatic heterocycles. The van der Waals surface area contributed by atoms with E-state index in [1.165, 1.54) is 0 Å². The third-order valence-corrected chi connectivity index (χ3v) is 6.65. The van der Waals surface area contributed by atoms with Crippen LogP contribution in [0.2, 0.25) is 0 Å². The molecule has 1 amide bonds. The molecule has 0 aromatic heterocycles. The van der Waals surface area contributed by atoms with E-state index in [2.05, 4.69) is 27.3 Å². The van der Waals surface area contributed by atoms with Gasteiger partial charge in [0.2, 0.25) is 0 Å². The first-order valence-corrected chi connectivity index (χ1v) is 12.0. The van der Waals surface area contributed by atoms with Gasteiger partial charge in [-0.15, -0.1) is 0 Å². The molecule has 0 atom stereocenters. The Bertz CT molecular complexity index is 998. The maximum Gasteiger partial charge on any atom is 0.410 e. The number of nitrogens with zero attached hydrogens (tertiary/aromatic N) is 1. The topological polar surface area (TPSA) is 75.7 Å². The molecule has 2 aromatic carbocycles. The Balaban J connectivity index is 1.73. The van der Waals surface area contributed by atoms with Crippen molar-refractivity contribution in [1.82, 2.24) is 4.90 Å². The van der Waals surface area contributed by atoms with Gasteiger partial charge in [-0.1, -0.05) is 6.07 Å². The van der Waals surface area contributed by atoms with Crippen LogP contribution in [0.3, 0.4) is 0 Å². The lowest BCUT2D eigenvalue weighted by Gasteiger charge is -2.26. The van der Waals surface area contributed by atoms with Crippen LogP contribution in [0.1, 0.15) is 31.9 Å². The molecule has 0 fully saturated rings. The third-order valence-electron chi connectivity index (χ3n) is 4.54. The molecule has 0 spiro atoms. The first-order chi connectivity index (χ1) is 13.5. The number of carbonyl (C=O) groups excluding carboxylic acids is 1. The van der Waals surface area contributed by atoms with Crippen molar-refractivity contribution in [2.24, 2.45) is 0 Å². The molecule has 0 bridgehead atoms. The lowest BCUT2D eigenvalue weighted by atomic mass is 10.0. The molecule has 29 heavy (non-hydrogen) atoms. The summed E-state index contributed by atoms with van der Waals surface area (Å²) in [5, 5.41) is 0. The molecule has 0 radical (unpaired) electrons. The number of carbonyl (C=O) groups is 1. The van der Waals surface area contributed by atoms with Crippen LogP contribution in [0, 0.1) is 3.57 Å². The monoisotopic (exact) mass is 528 g/mol. The van der Waals surface area contributed by atoms with Gasteiger partial charge in [-0.05, 0) is 104 Å². The quantitative estimate of drug-likeness (QED) is 0.599. The number of ether oxygens (including phenoxy) is 1. The predicted molar refractivity (Wildman–Crippen MR) is 122 cm³/mol. The second-order valence-electron chi connectivity index (χ2n) is 8.01. The second-order valence-corrected chi connectivity index (χ2v) is 10.9. The highest BCUT2D eigenvalue weighted by molar-refractivity contribution is 14.1. The van der Waals surface area contributed by atoms with Gasteiger partial charge in [0.1, 0.15) is 5.60 Å². The Hall–Kier alpha value is -1.81. The van der Waals surface area contributed by atoms with Gasteiger partial charge in [-0.2, -0.15) is 0 Å². The fourth-order valence-electron chi connectivity index (χ4n) is 3.13. The highest BCUT2D eigenvalue weighted by atomic mass is 127. The minimum atomic E-state index is -3.65. The maximum absolute atomic E-state index is 12.6.